The number of hydrogen-bond acceptors (Lipinski definition) is 2. The smallest absolute Gasteiger partial charge is 0.000623 e. The maximum Gasteiger partial charge on any atom is 0.000623 e. The van der Waals surface area contributed by atoms with Crippen molar-refractivity contribution < 1.29 is 0 Å². The Kier molecular flexibility index (Phi) is 5.76. The number of piperidine rings is 1. The van der Waals surface area contributed by atoms with Crippen LogP contribution in [0.5, 0.6) is 0 Å². The summed E-state index contributed by atoms with van der Waals surface area (Å²) in [7, 11) is 2.25. The summed E-state index contributed by atoms with van der Waals surface area (Å²) < 4.78 is 0. The average molecular weight is 295 g/mol. The van der Waals surface area contributed by atoms with E-state index >= 15 is 0 Å². The molecule has 2 fully saturated rings. The van der Waals surface area contributed by atoms with E-state index in [9.17, 15) is 0 Å². The number of rotatable bonds is 4. The fourth-order valence-corrected chi connectivity index (χ4v) is 4.15. The van der Waals surface area contributed by atoms with Gasteiger partial charge >= 0.3 is 0 Å². The summed E-state index contributed by atoms with van der Waals surface area (Å²) in [6.45, 7) is 14.7. The molecule has 1 aliphatic carbocycles. The van der Waals surface area contributed by atoms with Crippen LogP contribution >= 0.6 is 0 Å². The number of hydrogen-bond donors (Lipinski definition) is 1. The third-order valence-corrected chi connectivity index (χ3v) is 6.25. The monoisotopic (exact) mass is 294 g/mol. The highest BCUT2D eigenvalue weighted by Gasteiger charge is 2.31. The molecule has 1 aliphatic heterocycles. The van der Waals surface area contributed by atoms with Gasteiger partial charge < -0.3 is 10.2 Å². The third kappa shape index (κ3) is 5.25. The van der Waals surface area contributed by atoms with E-state index in [0.717, 1.165) is 11.8 Å². The van der Waals surface area contributed by atoms with Crippen LogP contribution in [0.2, 0.25) is 0 Å². The molecule has 0 aromatic heterocycles. The first-order chi connectivity index (χ1) is 9.78. The lowest BCUT2D eigenvalue weighted by Crippen LogP contribution is -2.43. The highest BCUT2D eigenvalue weighted by Crippen LogP contribution is 2.39. The second kappa shape index (κ2) is 7.00. The fraction of sp³-hybridized carbons (Fsp3) is 1.00. The van der Waals surface area contributed by atoms with Gasteiger partial charge in [0.25, 0.3) is 0 Å². The Labute approximate surface area is 133 Å². The molecular weight excluding hydrogens is 256 g/mol. The molecule has 0 aromatic carbocycles. The predicted molar refractivity (Wildman–Crippen MR) is 92.6 cm³/mol. The quantitative estimate of drug-likeness (QED) is 0.837. The Morgan fingerprint density at radius 3 is 2.14 bits per heavy atom. The summed E-state index contributed by atoms with van der Waals surface area (Å²) in [6.07, 6.45) is 8.47. The molecule has 0 unspecified atom stereocenters. The minimum atomic E-state index is 0.514. The maximum atomic E-state index is 3.82. The SMILES string of the molecule is CN1CCC(C)(CNCC2CCC(C(C)(C)C)CC2)CC1. The molecule has 2 heteroatoms. The van der Waals surface area contributed by atoms with Gasteiger partial charge in [-0.25, -0.2) is 0 Å². The van der Waals surface area contributed by atoms with E-state index in [2.05, 4.69) is 45.0 Å². The molecule has 0 atom stereocenters. The largest absolute Gasteiger partial charge is 0.316 e. The standard InChI is InChI=1S/C19H38N2/c1-18(2,3)17-8-6-16(7-9-17)14-20-15-19(4)10-12-21(5)13-11-19/h16-17,20H,6-15H2,1-5H3. The third-order valence-electron chi connectivity index (χ3n) is 6.25. The Bertz CT molecular complexity index is 302. The average Bonchev–Trinajstić information content (AvgIpc) is 2.42. The zero-order valence-corrected chi connectivity index (χ0v) is 15.2. The lowest BCUT2D eigenvalue weighted by Gasteiger charge is -2.39. The van der Waals surface area contributed by atoms with E-state index in [-0.39, 0.29) is 0 Å². The molecule has 1 saturated carbocycles. The van der Waals surface area contributed by atoms with Crippen LogP contribution in [0.25, 0.3) is 0 Å². The molecule has 1 saturated heterocycles. The van der Waals surface area contributed by atoms with Gasteiger partial charge in [0.15, 0.2) is 0 Å². The molecule has 0 radical (unpaired) electrons. The molecule has 0 aromatic rings. The fourth-order valence-electron chi connectivity index (χ4n) is 4.15. The van der Waals surface area contributed by atoms with Crippen molar-refractivity contribution in [2.24, 2.45) is 22.7 Å². The summed E-state index contributed by atoms with van der Waals surface area (Å²) in [6, 6.07) is 0. The van der Waals surface area contributed by atoms with E-state index in [4.69, 9.17) is 0 Å². The van der Waals surface area contributed by atoms with Gasteiger partial charge in [0.1, 0.15) is 0 Å². The van der Waals surface area contributed by atoms with Crippen LogP contribution in [-0.4, -0.2) is 38.1 Å². The van der Waals surface area contributed by atoms with Crippen LogP contribution < -0.4 is 5.32 Å². The van der Waals surface area contributed by atoms with Gasteiger partial charge in [-0.1, -0.05) is 27.7 Å². The van der Waals surface area contributed by atoms with E-state index < -0.39 is 0 Å². The van der Waals surface area contributed by atoms with Crippen LogP contribution in [0.4, 0.5) is 0 Å². The van der Waals surface area contributed by atoms with Crippen molar-refractivity contribution in [2.45, 2.75) is 66.2 Å². The number of likely N-dealkylation sites (tertiary alicyclic amines) is 1. The van der Waals surface area contributed by atoms with Gasteiger partial charge in [-0.3, -0.25) is 0 Å². The van der Waals surface area contributed by atoms with Crippen LogP contribution in [0.15, 0.2) is 0 Å². The molecule has 2 nitrogen and oxygen atoms in total. The van der Waals surface area contributed by atoms with Gasteiger partial charge in [-0.15, -0.1) is 0 Å². The Balaban J connectivity index is 1.64. The van der Waals surface area contributed by atoms with Crippen molar-refractivity contribution >= 4 is 0 Å². The summed E-state index contributed by atoms with van der Waals surface area (Å²) in [5.74, 6) is 1.87. The molecule has 21 heavy (non-hydrogen) atoms. The minimum Gasteiger partial charge on any atom is -0.316 e. The molecule has 2 aliphatic rings. The van der Waals surface area contributed by atoms with E-state index in [1.807, 2.05) is 0 Å². The number of nitrogens with zero attached hydrogens (tertiary/aromatic N) is 1. The van der Waals surface area contributed by atoms with Gasteiger partial charge in [-0.05, 0) is 87.9 Å². The first-order valence-corrected chi connectivity index (χ1v) is 9.18. The first kappa shape index (κ1) is 17.3. The lowest BCUT2D eigenvalue weighted by atomic mass is 9.70. The zero-order valence-electron chi connectivity index (χ0n) is 15.2. The van der Waals surface area contributed by atoms with Crippen molar-refractivity contribution in [3.8, 4) is 0 Å². The van der Waals surface area contributed by atoms with E-state index in [1.165, 1.54) is 64.7 Å². The normalized spacial score (nSPS) is 31.3. The van der Waals surface area contributed by atoms with Crippen molar-refractivity contribution in [3.63, 3.8) is 0 Å². The summed E-state index contributed by atoms with van der Waals surface area (Å²) in [5, 5.41) is 3.82. The van der Waals surface area contributed by atoms with Crippen LogP contribution in [0.1, 0.15) is 66.2 Å². The summed E-state index contributed by atoms with van der Waals surface area (Å²) in [4.78, 5) is 2.47. The van der Waals surface area contributed by atoms with Crippen molar-refractivity contribution in [3.05, 3.63) is 0 Å². The molecular formula is C19H38N2. The molecule has 124 valence electrons. The van der Waals surface area contributed by atoms with Crippen LogP contribution in [-0.2, 0) is 0 Å². The summed E-state index contributed by atoms with van der Waals surface area (Å²) in [5.41, 5.74) is 1.05. The van der Waals surface area contributed by atoms with Crippen LogP contribution in [0, 0.1) is 22.7 Å². The molecule has 0 spiro atoms. The highest BCUT2D eigenvalue weighted by atomic mass is 15.1. The second-order valence-corrected chi connectivity index (χ2v) is 9.33. The van der Waals surface area contributed by atoms with Crippen molar-refractivity contribution in [1.29, 1.82) is 0 Å². The van der Waals surface area contributed by atoms with E-state index in [1.54, 1.807) is 0 Å². The minimum absolute atomic E-state index is 0.514. The van der Waals surface area contributed by atoms with E-state index in [0.29, 0.717) is 10.8 Å². The van der Waals surface area contributed by atoms with Crippen LogP contribution in [0.3, 0.4) is 0 Å². The molecule has 0 bridgehead atoms. The second-order valence-electron chi connectivity index (χ2n) is 9.33. The Morgan fingerprint density at radius 2 is 1.62 bits per heavy atom. The first-order valence-electron chi connectivity index (χ1n) is 9.18. The Morgan fingerprint density at radius 1 is 1.05 bits per heavy atom. The maximum absolute atomic E-state index is 3.82. The highest BCUT2D eigenvalue weighted by molar-refractivity contribution is 4.85. The van der Waals surface area contributed by atoms with Gasteiger partial charge in [0.05, 0.1) is 0 Å². The summed E-state index contributed by atoms with van der Waals surface area (Å²) >= 11 is 0. The molecule has 1 heterocycles. The lowest BCUT2D eigenvalue weighted by molar-refractivity contribution is 0.126. The van der Waals surface area contributed by atoms with Crippen molar-refractivity contribution in [1.82, 2.24) is 10.2 Å². The molecule has 1 N–H and O–H groups in total. The predicted octanol–water partition coefficient (Wildman–Crippen LogP) is 4.16. The molecule has 0 amide bonds. The van der Waals surface area contributed by atoms with Gasteiger partial charge in [-0.2, -0.15) is 0 Å². The Hall–Kier alpha value is -0.0800. The van der Waals surface area contributed by atoms with Gasteiger partial charge in [0.2, 0.25) is 0 Å². The zero-order chi connectivity index (χ0) is 15.5. The molecule has 2 rings (SSSR count). The topological polar surface area (TPSA) is 15.3 Å². The van der Waals surface area contributed by atoms with Crippen molar-refractivity contribution in [2.75, 3.05) is 33.2 Å². The van der Waals surface area contributed by atoms with Gasteiger partial charge in [0, 0.05) is 6.54 Å². The number of nitrogens with one attached hydrogen (secondary N) is 1.